The van der Waals surface area contributed by atoms with Crippen LogP contribution < -0.4 is 0 Å². The zero-order chi connectivity index (χ0) is 23.0. The number of carbonyl (C=O) groups is 1. The van der Waals surface area contributed by atoms with Crippen molar-refractivity contribution >= 4 is 23.1 Å². The summed E-state index contributed by atoms with van der Waals surface area (Å²) in [5.74, 6) is -1.43. The van der Waals surface area contributed by atoms with Gasteiger partial charge in [0.25, 0.3) is 23.4 Å². The summed E-state index contributed by atoms with van der Waals surface area (Å²) in [7, 11) is 0. The van der Waals surface area contributed by atoms with Crippen molar-refractivity contribution in [2.45, 2.75) is 45.9 Å². The zero-order valence-electron chi connectivity index (χ0n) is 17.2. The molecule has 32 heavy (non-hydrogen) atoms. The highest BCUT2D eigenvalue weighted by atomic mass is 32.1. The molecule has 0 bridgehead atoms. The summed E-state index contributed by atoms with van der Waals surface area (Å²) < 4.78 is 50.7. The second-order valence-electron chi connectivity index (χ2n) is 6.96. The van der Waals surface area contributed by atoms with E-state index in [0.29, 0.717) is 22.8 Å². The van der Waals surface area contributed by atoms with Crippen LogP contribution in [-0.2, 0) is 22.1 Å². The van der Waals surface area contributed by atoms with Gasteiger partial charge in [0, 0.05) is 17.8 Å². The Morgan fingerprint density at radius 2 is 2.06 bits per heavy atom. The third-order valence-electron chi connectivity index (χ3n) is 4.71. The number of rotatable bonds is 6. The lowest BCUT2D eigenvalue weighted by Gasteiger charge is -2.12. The largest absolute Gasteiger partial charge is 0.453 e. The zero-order valence-corrected chi connectivity index (χ0v) is 18.0. The van der Waals surface area contributed by atoms with E-state index < -0.39 is 24.1 Å². The van der Waals surface area contributed by atoms with Crippen LogP contribution >= 0.6 is 11.3 Å². The molecule has 0 aromatic carbocycles. The fourth-order valence-electron chi connectivity index (χ4n) is 3.12. The Bertz CT molecular complexity index is 1270. The average molecular weight is 466 g/mol. The Morgan fingerprint density at radius 1 is 1.28 bits per heavy atom. The van der Waals surface area contributed by atoms with Gasteiger partial charge in [-0.05, 0) is 44.2 Å². The number of halogens is 3. The third-order valence-corrected chi connectivity index (χ3v) is 5.57. The summed E-state index contributed by atoms with van der Waals surface area (Å²) in [4.78, 5) is 20.7. The first-order valence-electron chi connectivity index (χ1n) is 9.50. The van der Waals surface area contributed by atoms with Gasteiger partial charge < -0.3 is 9.15 Å². The summed E-state index contributed by atoms with van der Waals surface area (Å²) in [6.45, 7) is 4.86. The van der Waals surface area contributed by atoms with Crippen LogP contribution in [0, 0.1) is 13.8 Å². The van der Waals surface area contributed by atoms with Crippen molar-refractivity contribution in [2.75, 3.05) is 0 Å². The molecule has 168 valence electrons. The number of hydrogen-bond donors (Lipinski definition) is 0. The predicted molar refractivity (Wildman–Crippen MR) is 106 cm³/mol. The van der Waals surface area contributed by atoms with Crippen molar-refractivity contribution in [1.29, 1.82) is 0 Å². The summed E-state index contributed by atoms with van der Waals surface area (Å²) in [5, 5.41) is 13.2. The van der Waals surface area contributed by atoms with Crippen molar-refractivity contribution in [2.24, 2.45) is 0 Å². The van der Waals surface area contributed by atoms with Gasteiger partial charge in [-0.25, -0.2) is 9.50 Å². The molecule has 0 radical (unpaired) electrons. The fourth-order valence-corrected chi connectivity index (χ4v) is 3.77. The lowest BCUT2D eigenvalue weighted by molar-refractivity contribution is -0.149. The number of aryl methyl sites for hydroxylation is 2. The highest BCUT2D eigenvalue weighted by molar-refractivity contribution is 7.13. The minimum absolute atomic E-state index is 0.0219. The molecule has 0 fully saturated rings. The number of alkyl halides is 3. The Hall–Kier alpha value is -3.35. The van der Waals surface area contributed by atoms with Crippen molar-refractivity contribution in [3.63, 3.8) is 0 Å². The first-order chi connectivity index (χ1) is 15.1. The van der Waals surface area contributed by atoms with Gasteiger partial charge in [-0.2, -0.15) is 18.2 Å². The van der Waals surface area contributed by atoms with E-state index in [0.717, 1.165) is 9.39 Å². The number of nitrogens with zero attached hydrogens (tertiary/aromatic N) is 6. The van der Waals surface area contributed by atoms with Crippen LogP contribution in [0.25, 0.3) is 16.5 Å². The summed E-state index contributed by atoms with van der Waals surface area (Å²) in [6.07, 6.45) is -5.24. The molecule has 0 aliphatic heterocycles. The molecule has 0 spiro atoms. The number of carbonyl (C=O) groups excluding carboxylic acids is 1. The fraction of sp³-hybridized carbons (Fsp3) is 0.368. The molecule has 4 aromatic heterocycles. The normalized spacial score (nSPS) is 12.9. The maximum absolute atomic E-state index is 12.9. The molecule has 0 aliphatic carbocycles. The quantitative estimate of drug-likeness (QED) is 0.391. The van der Waals surface area contributed by atoms with Crippen LogP contribution in [0.15, 0.2) is 21.9 Å². The van der Waals surface area contributed by atoms with Crippen molar-refractivity contribution in [3.8, 4) is 10.8 Å². The Labute approximate surface area is 183 Å². The highest BCUT2D eigenvalue weighted by Gasteiger charge is 2.37. The van der Waals surface area contributed by atoms with E-state index in [4.69, 9.17) is 9.15 Å². The van der Waals surface area contributed by atoms with Gasteiger partial charge in [0.05, 0.1) is 4.88 Å². The topological polar surface area (TPSA) is 108 Å². The highest BCUT2D eigenvalue weighted by Crippen LogP contribution is 2.28. The second-order valence-corrected chi connectivity index (χ2v) is 7.91. The molecule has 0 amide bonds. The lowest BCUT2D eigenvalue weighted by atomic mass is 10.1. The van der Waals surface area contributed by atoms with Crippen LogP contribution in [0.1, 0.15) is 48.1 Å². The summed E-state index contributed by atoms with van der Waals surface area (Å²) in [6, 6.07) is 3.69. The predicted octanol–water partition coefficient (Wildman–Crippen LogP) is 4.11. The van der Waals surface area contributed by atoms with E-state index in [-0.39, 0.29) is 24.5 Å². The van der Waals surface area contributed by atoms with Gasteiger partial charge in [-0.15, -0.1) is 26.6 Å². The molecule has 4 heterocycles. The van der Waals surface area contributed by atoms with Crippen molar-refractivity contribution in [1.82, 2.24) is 29.8 Å². The van der Waals surface area contributed by atoms with E-state index in [2.05, 4.69) is 25.3 Å². The minimum Gasteiger partial charge on any atom is -0.453 e. The molecule has 0 saturated carbocycles. The van der Waals surface area contributed by atoms with E-state index in [1.54, 1.807) is 20.8 Å². The molecule has 4 aromatic rings. The van der Waals surface area contributed by atoms with Crippen LogP contribution in [0.4, 0.5) is 13.2 Å². The van der Waals surface area contributed by atoms with E-state index >= 15 is 0 Å². The van der Waals surface area contributed by atoms with E-state index in [1.165, 1.54) is 11.3 Å². The Kier molecular flexibility index (Phi) is 5.67. The van der Waals surface area contributed by atoms with Crippen LogP contribution in [0.5, 0.6) is 0 Å². The lowest BCUT2D eigenvalue weighted by Crippen LogP contribution is -2.12. The molecule has 0 saturated heterocycles. The smallest absolute Gasteiger partial charge is 0.453 e. The molecule has 4 rings (SSSR count). The second kappa shape index (κ2) is 8.30. The number of hydrogen-bond acceptors (Lipinski definition) is 9. The van der Waals surface area contributed by atoms with Crippen molar-refractivity contribution in [3.05, 3.63) is 46.2 Å². The molecule has 1 unspecified atom stereocenters. The first-order valence-corrected chi connectivity index (χ1v) is 10.4. The number of fused-ring (bicyclic) bond motifs is 1. The maximum Gasteiger partial charge on any atom is 0.453 e. The first kappa shape index (κ1) is 21.9. The van der Waals surface area contributed by atoms with Crippen LogP contribution in [0.2, 0.25) is 0 Å². The summed E-state index contributed by atoms with van der Waals surface area (Å²) in [5.41, 5.74) is 1.49. The van der Waals surface area contributed by atoms with Crippen LogP contribution in [-0.4, -0.2) is 35.7 Å². The van der Waals surface area contributed by atoms with E-state index in [9.17, 15) is 18.0 Å². The molecular formula is C19H17F3N6O3S. The Balaban J connectivity index is 1.43. The molecule has 1 atom stereocenters. The number of esters is 1. The number of thiophene rings is 1. The van der Waals surface area contributed by atoms with Gasteiger partial charge in [0.15, 0.2) is 6.10 Å². The summed E-state index contributed by atoms with van der Waals surface area (Å²) >= 11 is 1.44. The molecular weight excluding hydrogens is 449 g/mol. The minimum atomic E-state index is -4.67. The standard InChI is InChI=1S/C19H17F3N6O3S/c1-9-12(10(2)28-18(23-9)24-17(27-28)19(20,21)22)6-7-14(29)30-11(3)15-25-26-16(31-15)13-5-4-8-32-13/h4-5,8,11H,6-7H2,1-3H3. The Morgan fingerprint density at radius 3 is 2.75 bits per heavy atom. The van der Waals surface area contributed by atoms with Gasteiger partial charge >= 0.3 is 12.1 Å². The molecule has 9 nitrogen and oxygen atoms in total. The van der Waals surface area contributed by atoms with Crippen molar-refractivity contribution < 1.29 is 27.1 Å². The van der Waals surface area contributed by atoms with Gasteiger partial charge in [-0.3, -0.25) is 4.79 Å². The van der Waals surface area contributed by atoms with Gasteiger partial charge in [-0.1, -0.05) is 6.07 Å². The molecule has 13 heteroatoms. The number of ether oxygens (including phenoxy) is 1. The average Bonchev–Trinajstić information content (AvgIpc) is 3.46. The van der Waals surface area contributed by atoms with E-state index in [1.807, 2.05) is 17.5 Å². The monoisotopic (exact) mass is 466 g/mol. The number of aromatic nitrogens is 6. The SMILES string of the molecule is Cc1nc2nc(C(F)(F)F)nn2c(C)c1CCC(=O)OC(C)c1nnc(-c2cccs2)o1. The third kappa shape index (κ3) is 4.33. The molecule has 0 N–H and O–H groups in total. The van der Waals surface area contributed by atoms with Crippen LogP contribution in [0.3, 0.4) is 0 Å². The van der Waals surface area contributed by atoms with Gasteiger partial charge in [0.2, 0.25) is 0 Å². The van der Waals surface area contributed by atoms with Gasteiger partial charge in [0.1, 0.15) is 0 Å². The molecule has 0 aliphatic rings. The maximum atomic E-state index is 12.9.